The van der Waals surface area contributed by atoms with Crippen molar-refractivity contribution >= 4 is 23.1 Å². The lowest BCUT2D eigenvalue weighted by molar-refractivity contribution is 1.25. The van der Waals surface area contributed by atoms with Crippen LogP contribution >= 0.6 is 11.8 Å². The van der Waals surface area contributed by atoms with Gasteiger partial charge < -0.3 is 5.73 Å². The van der Waals surface area contributed by atoms with E-state index in [1.54, 1.807) is 6.21 Å². The highest BCUT2D eigenvalue weighted by Crippen LogP contribution is 2.18. The van der Waals surface area contributed by atoms with Gasteiger partial charge in [0, 0.05) is 0 Å². The normalized spacial score (nSPS) is 11.9. The molecule has 3 nitrogen and oxygen atoms in total. The zero-order chi connectivity index (χ0) is 13.5. The molecule has 2 rings (SSSR count). The van der Waals surface area contributed by atoms with E-state index < -0.39 is 0 Å². The number of nitrogens with two attached hydrogens (primary N) is 1. The number of hydrogen-bond acceptors (Lipinski definition) is 3. The highest BCUT2D eigenvalue weighted by Gasteiger charge is 1.95. The van der Waals surface area contributed by atoms with Crippen LogP contribution in [0.25, 0.3) is 11.1 Å². The van der Waals surface area contributed by atoms with Gasteiger partial charge in [-0.25, -0.2) is 0 Å². The number of benzene rings is 2. The van der Waals surface area contributed by atoms with Crippen LogP contribution in [0.15, 0.2) is 64.8 Å². The van der Waals surface area contributed by atoms with E-state index in [4.69, 9.17) is 5.73 Å². The topological polar surface area (TPSA) is 50.7 Å². The molecule has 0 saturated carbocycles. The van der Waals surface area contributed by atoms with Crippen molar-refractivity contribution in [3.05, 3.63) is 60.2 Å². The van der Waals surface area contributed by atoms with Gasteiger partial charge in [0.05, 0.1) is 6.21 Å². The Labute approximate surface area is 117 Å². The Morgan fingerprint density at radius 3 is 2.26 bits per heavy atom. The first-order valence-electron chi connectivity index (χ1n) is 5.85. The Kier molecular flexibility index (Phi) is 4.75. The van der Waals surface area contributed by atoms with Crippen LogP contribution in [0, 0.1) is 0 Å². The number of hydrogen-bond donors (Lipinski definition) is 1. The van der Waals surface area contributed by atoms with Gasteiger partial charge in [-0.3, -0.25) is 0 Å². The summed E-state index contributed by atoms with van der Waals surface area (Å²) in [5, 5.41) is 8.23. The molecule has 2 N–H and O–H groups in total. The number of thioether (sulfide) groups is 1. The molecule has 4 heteroatoms. The Bertz CT molecular complexity index is 574. The minimum atomic E-state index is 0.456. The summed E-state index contributed by atoms with van der Waals surface area (Å²) in [5.74, 6) is 0. The maximum absolute atomic E-state index is 5.54. The van der Waals surface area contributed by atoms with Gasteiger partial charge in [0.15, 0.2) is 5.17 Å². The quantitative estimate of drug-likeness (QED) is 0.527. The van der Waals surface area contributed by atoms with Crippen molar-refractivity contribution in [3.8, 4) is 11.1 Å². The standard InChI is InChI=1S/C15H15N3S/c1-19-15(16)18-17-11-12-7-9-14(10-8-12)13-5-3-2-4-6-13/h2-11H,1H3,(H2,16,18). The molecule has 0 aliphatic heterocycles. The largest absolute Gasteiger partial charge is 0.377 e. The van der Waals surface area contributed by atoms with Crippen molar-refractivity contribution in [1.29, 1.82) is 0 Å². The number of nitrogens with zero attached hydrogens (tertiary/aromatic N) is 2. The molecule has 0 spiro atoms. The average Bonchev–Trinajstić information content (AvgIpc) is 2.48. The molecule has 96 valence electrons. The molecule has 0 fully saturated rings. The van der Waals surface area contributed by atoms with Crippen LogP contribution in [0.3, 0.4) is 0 Å². The molecule has 2 aromatic carbocycles. The third-order valence-electron chi connectivity index (χ3n) is 2.59. The third-order valence-corrected chi connectivity index (χ3v) is 3.09. The fourth-order valence-electron chi connectivity index (χ4n) is 1.59. The molecule has 2 aromatic rings. The first-order chi connectivity index (χ1) is 9.29. The van der Waals surface area contributed by atoms with Crippen molar-refractivity contribution in [2.24, 2.45) is 15.9 Å². The molecule has 0 aromatic heterocycles. The van der Waals surface area contributed by atoms with E-state index in [1.165, 1.54) is 22.9 Å². The second-order valence-electron chi connectivity index (χ2n) is 3.87. The summed E-state index contributed by atoms with van der Waals surface area (Å²) in [4.78, 5) is 0. The van der Waals surface area contributed by atoms with Crippen molar-refractivity contribution in [1.82, 2.24) is 0 Å². The second-order valence-corrected chi connectivity index (χ2v) is 4.70. The van der Waals surface area contributed by atoms with Gasteiger partial charge in [-0.15, -0.1) is 5.10 Å². The molecule has 0 aliphatic carbocycles. The monoisotopic (exact) mass is 269 g/mol. The molecule has 0 saturated heterocycles. The summed E-state index contributed by atoms with van der Waals surface area (Å²) in [7, 11) is 0. The van der Waals surface area contributed by atoms with Gasteiger partial charge in [-0.2, -0.15) is 5.10 Å². The fourth-order valence-corrected chi connectivity index (χ4v) is 1.71. The molecular weight excluding hydrogens is 254 g/mol. The first kappa shape index (κ1) is 13.4. The number of amidine groups is 1. The van der Waals surface area contributed by atoms with Gasteiger partial charge in [-0.05, 0) is 22.9 Å². The minimum absolute atomic E-state index is 0.456. The second kappa shape index (κ2) is 6.75. The van der Waals surface area contributed by atoms with E-state index in [1.807, 2.05) is 36.6 Å². The molecule has 0 unspecified atom stereocenters. The summed E-state index contributed by atoms with van der Waals surface area (Å²) < 4.78 is 0. The van der Waals surface area contributed by atoms with E-state index >= 15 is 0 Å². The molecule has 0 atom stereocenters. The first-order valence-corrected chi connectivity index (χ1v) is 7.08. The third kappa shape index (κ3) is 3.96. The summed E-state index contributed by atoms with van der Waals surface area (Å²) in [5.41, 5.74) is 8.92. The Balaban J connectivity index is 2.11. The molecular formula is C15H15N3S. The predicted molar refractivity (Wildman–Crippen MR) is 84.6 cm³/mol. The lowest BCUT2D eigenvalue weighted by Gasteiger charge is -2.01. The molecule has 0 radical (unpaired) electrons. The van der Waals surface area contributed by atoms with Crippen LogP contribution in [-0.2, 0) is 0 Å². The summed E-state index contributed by atoms with van der Waals surface area (Å²) >= 11 is 1.37. The highest BCUT2D eigenvalue weighted by atomic mass is 32.2. The summed E-state index contributed by atoms with van der Waals surface area (Å²) in [6.45, 7) is 0. The molecule has 0 bridgehead atoms. The molecule has 0 amide bonds. The SMILES string of the molecule is CSC(N)=NN=Cc1ccc(-c2ccccc2)cc1. The summed E-state index contributed by atoms with van der Waals surface area (Å²) in [6, 6.07) is 18.4. The Morgan fingerprint density at radius 1 is 1.00 bits per heavy atom. The summed E-state index contributed by atoms with van der Waals surface area (Å²) in [6.07, 6.45) is 3.56. The smallest absolute Gasteiger partial charge is 0.180 e. The van der Waals surface area contributed by atoms with Crippen molar-refractivity contribution in [2.45, 2.75) is 0 Å². The van der Waals surface area contributed by atoms with Crippen LogP contribution in [0.5, 0.6) is 0 Å². The Hall–Kier alpha value is -2.07. The van der Waals surface area contributed by atoms with E-state index in [9.17, 15) is 0 Å². The maximum atomic E-state index is 5.54. The van der Waals surface area contributed by atoms with Crippen LogP contribution in [0.4, 0.5) is 0 Å². The van der Waals surface area contributed by atoms with Gasteiger partial charge >= 0.3 is 0 Å². The van der Waals surface area contributed by atoms with Crippen molar-refractivity contribution in [3.63, 3.8) is 0 Å². The lowest BCUT2D eigenvalue weighted by atomic mass is 10.0. The Morgan fingerprint density at radius 2 is 1.63 bits per heavy atom. The molecule has 0 heterocycles. The van der Waals surface area contributed by atoms with Gasteiger partial charge in [0.2, 0.25) is 0 Å². The van der Waals surface area contributed by atoms with Gasteiger partial charge in [-0.1, -0.05) is 66.4 Å². The van der Waals surface area contributed by atoms with E-state index in [0.29, 0.717) is 5.17 Å². The van der Waals surface area contributed by atoms with E-state index in [0.717, 1.165) is 5.56 Å². The predicted octanol–water partition coefficient (Wildman–Crippen LogP) is 3.37. The zero-order valence-corrected chi connectivity index (χ0v) is 11.5. The zero-order valence-electron chi connectivity index (χ0n) is 10.7. The fraction of sp³-hybridized carbons (Fsp3) is 0.0667. The minimum Gasteiger partial charge on any atom is -0.377 e. The average molecular weight is 269 g/mol. The lowest BCUT2D eigenvalue weighted by Crippen LogP contribution is -2.03. The molecule has 0 aliphatic rings. The molecule has 19 heavy (non-hydrogen) atoms. The van der Waals surface area contributed by atoms with Crippen LogP contribution in [-0.4, -0.2) is 17.6 Å². The van der Waals surface area contributed by atoms with Gasteiger partial charge in [0.1, 0.15) is 0 Å². The van der Waals surface area contributed by atoms with Crippen molar-refractivity contribution in [2.75, 3.05) is 6.26 Å². The van der Waals surface area contributed by atoms with E-state index in [-0.39, 0.29) is 0 Å². The van der Waals surface area contributed by atoms with Crippen LogP contribution in [0.1, 0.15) is 5.56 Å². The maximum Gasteiger partial charge on any atom is 0.180 e. The highest BCUT2D eigenvalue weighted by molar-refractivity contribution is 8.13. The van der Waals surface area contributed by atoms with E-state index in [2.05, 4.69) is 34.5 Å². The number of rotatable bonds is 3. The van der Waals surface area contributed by atoms with Crippen LogP contribution in [0.2, 0.25) is 0 Å². The van der Waals surface area contributed by atoms with Crippen molar-refractivity contribution < 1.29 is 0 Å². The van der Waals surface area contributed by atoms with Gasteiger partial charge in [0.25, 0.3) is 0 Å². The van der Waals surface area contributed by atoms with Crippen LogP contribution < -0.4 is 5.73 Å².